The molecule has 2 aromatic carbocycles. The second-order valence-electron chi connectivity index (χ2n) is 6.29. The molecule has 0 aliphatic carbocycles. The minimum atomic E-state index is -4.07. The summed E-state index contributed by atoms with van der Waals surface area (Å²) in [5.41, 5.74) is 4.25. The van der Waals surface area contributed by atoms with Crippen molar-refractivity contribution in [2.45, 2.75) is 11.8 Å². The van der Waals surface area contributed by atoms with Crippen LogP contribution in [0.15, 0.2) is 65.8 Å². The summed E-state index contributed by atoms with van der Waals surface area (Å²) in [6, 6.07) is 14.7. The maximum atomic E-state index is 12.4. The van der Waals surface area contributed by atoms with Crippen LogP contribution in [0.3, 0.4) is 0 Å². The van der Waals surface area contributed by atoms with Crippen molar-refractivity contribution in [2.75, 3.05) is 0 Å². The van der Waals surface area contributed by atoms with Crippen LogP contribution in [0.5, 0.6) is 0 Å². The van der Waals surface area contributed by atoms with Gasteiger partial charge in [-0.25, -0.2) is 13.6 Å². The summed E-state index contributed by atoms with van der Waals surface area (Å²) in [6.07, 6.45) is 3.31. The lowest BCUT2D eigenvalue weighted by Crippen LogP contribution is -2.14. The lowest BCUT2D eigenvalue weighted by atomic mass is 9.94. The average molecular weight is 392 g/mol. The number of H-pyrrole nitrogens is 1. The molecule has 0 unspecified atom stereocenters. The zero-order valence-electron chi connectivity index (χ0n) is 14.9. The SMILES string of the molecule is Cc1ccc(-c2cc(-c3cccnc3)cc(S(N)(=O)=O)c2-c2nn[nH]n2)cc1. The highest BCUT2D eigenvalue weighted by atomic mass is 32.2. The van der Waals surface area contributed by atoms with Crippen LogP contribution < -0.4 is 5.14 Å². The Morgan fingerprint density at radius 2 is 1.79 bits per heavy atom. The van der Waals surface area contributed by atoms with Gasteiger partial charge in [-0.3, -0.25) is 4.98 Å². The molecule has 0 spiro atoms. The first kappa shape index (κ1) is 18.0. The molecule has 0 saturated heterocycles. The Labute approximate surface area is 161 Å². The van der Waals surface area contributed by atoms with E-state index in [1.807, 2.05) is 43.3 Å². The van der Waals surface area contributed by atoms with Crippen LogP contribution >= 0.6 is 0 Å². The van der Waals surface area contributed by atoms with E-state index in [2.05, 4.69) is 25.6 Å². The van der Waals surface area contributed by atoms with Gasteiger partial charge in [0.2, 0.25) is 15.8 Å². The number of aromatic nitrogens is 5. The van der Waals surface area contributed by atoms with Crippen molar-refractivity contribution in [3.63, 3.8) is 0 Å². The Morgan fingerprint density at radius 1 is 1.00 bits per heavy atom. The molecule has 0 amide bonds. The molecule has 3 N–H and O–H groups in total. The number of aryl methyl sites for hydroxylation is 1. The number of sulfonamides is 1. The topological polar surface area (TPSA) is 128 Å². The molecule has 0 atom stereocenters. The van der Waals surface area contributed by atoms with E-state index >= 15 is 0 Å². The first-order valence-electron chi connectivity index (χ1n) is 8.35. The van der Waals surface area contributed by atoms with Crippen molar-refractivity contribution in [3.05, 3.63) is 66.5 Å². The smallest absolute Gasteiger partial charge is 0.238 e. The Morgan fingerprint density at radius 3 is 2.39 bits per heavy atom. The van der Waals surface area contributed by atoms with Crippen LogP contribution in [-0.2, 0) is 10.0 Å². The second kappa shape index (κ2) is 6.95. The number of nitrogens with two attached hydrogens (primary N) is 1. The zero-order chi connectivity index (χ0) is 19.7. The Bertz CT molecular complexity index is 1220. The summed E-state index contributed by atoms with van der Waals surface area (Å²) < 4.78 is 24.9. The number of aromatic amines is 1. The van der Waals surface area contributed by atoms with Crippen LogP contribution in [-0.4, -0.2) is 34.0 Å². The standard InChI is InChI=1S/C19H16N6O2S/c1-12-4-6-13(7-5-12)16-9-15(14-3-2-8-21-11-14)10-17(28(20,26)27)18(16)19-22-24-25-23-19/h2-11H,1H3,(H2,20,26,27)(H,22,23,24,25). The molecule has 4 aromatic rings. The number of nitrogens with one attached hydrogen (secondary N) is 1. The molecule has 4 rings (SSSR count). The van der Waals surface area contributed by atoms with Crippen LogP contribution in [0.1, 0.15) is 5.56 Å². The molecular formula is C19H16N6O2S. The maximum absolute atomic E-state index is 12.4. The third kappa shape index (κ3) is 3.40. The van der Waals surface area contributed by atoms with Gasteiger partial charge in [0.25, 0.3) is 0 Å². The maximum Gasteiger partial charge on any atom is 0.238 e. The predicted molar refractivity (Wildman–Crippen MR) is 104 cm³/mol. The molecule has 8 nitrogen and oxygen atoms in total. The number of hydrogen-bond donors (Lipinski definition) is 2. The van der Waals surface area contributed by atoms with Crippen molar-refractivity contribution in [1.29, 1.82) is 0 Å². The van der Waals surface area contributed by atoms with Gasteiger partial charge in [0.1, 0.15) is 0 Å². The Hall–Kier alpha value is -3.43. The molecule has 0 bridgehead atoms. The first-order chi connectivity index (χ1) is 13.4. The molecule has 28 heavy (non-hydrogen) atoms. The molecule has 0 fully saturated rings. The highest BCUT2D eigenvalue weighted by Gasteiger charge is 2.24. The predicted octanol–water partition coefficient (Wildman–Crippen LogP) is 2.55. The highest BCUT2D eigenvalue weighted by molar-refractivity contribution is 7.89. The van der Waals surface area contributed by atoms with Crippen molar-refractivity contribution in [3.8, 4) is 33.6 Å². The Kier molecular flexibility index (Phi) is 4.46. The molecule has 9 heteroatoms. The largest absolute Gasteiger partial charge is 0.264 e. The summed E-state index contributed by atoms with van der Waals surface area (Å²) in [6.45, 7) is 1.98. The quantitative estimate of drug-likeness (QED) is 0.549. The second-order valence-corrected chi connectivity index (χ2v) is 7.81. The van der Waals surface area contributed by atoms with E-state index in [9.17, 15) is 8.42 Å². The number of hydrogen-bond acceptors (Lipinski definition) is 6. The molecular weight excluding hydrogens is 376 g/mol. The number of pyridine rings is 1. The van der Waals surface area contributed by atoms with Gasteiger partial charge in [-0.15, -0.1) is 10.2 Å². The molecule has 0 aliphatic rings. The van der Waals surface area contributed by atoms with E-state index in [-0.39, 0.29) is 10.7 Å². The van der Waals surface area contributed by atoms with E-state index in [0.717, 1.165) is 16.7 Å². The number of tetrazole rings is 1. The fourth-order valence-corrected chi connectivity index (χ4v) is 3.78. The fraction of sp³-hybridized carbons (Fsp3) is 0.0526. The van der Waals surface area contributed by atoms with Gasteiger partial charge in [0, 0.05) is 18.0 Å². The fourth-order valence-electron chi connectivity index (χ4n) is 3.00. The molecule has 0 radical (unpaired) electrons. The number of nitrogens with zero attached hydrogens (tertiary/aromatic N) is 4. The lowest BCUT2D eigenvalue weighted by Gasteiger charge is -2.15. The van der Waals surface area contributed by atoms with Crippen LogP contribution in [0.2, 0.25) is 0 Å². The van der Waals surface area contributed by atoms with Gasteiger partial charge >= 0.3 is 0 Å². The van der Waals surface area contributed by atoms with Gasteiger partial charge in [-0.05, 0) is 47.0 Å². The Balaban J connectivity index is 2.10. The third-order valence-electron chi connectivity index (χ3n) is 4.34. The highest BCUT2D eigenvalue weighted by Crippen LogP contribution is 2.38. The number of primary sulfonamides is 1. The van der Waals surface area contributed by atoms with E-state index in [4.69, 9.17) is 5.14 Å². The van der Waals surface area contributed by atoms with Gasteiger partial charge in [-0.2, -0.15) is 5.21 Å². The van der Waals surface area contributed by atoms with Crippen LogP contribution in [0.25, 0.3) is 33.6 Å². The van der Waals surface area contributed by atoms with Gasteiger partial charge < -0.3 is 0 Å². The van der Waals surface area contributed by atoms with Crippen molar-refractivity contribution in [1.82, 2.24) is 25.6 Å². The summed E-state index contributed by atoms with van der Waals surface area (Å²) in [4.78, 5) is 4.04. The average Bonchev–Trinajstić information content (AvgIpc) is 3.22. The summed E-state index contributed by atoms with van der Waals surface area (Å²) >= 11 is 0. The minimum Gasteiger partial charge on any atom is -0.264 e. The summed E-state index contributed by atoms with van der Waals surface area (Å²) in [5, 5.41) is 19.5. The van der Waals surface area contributed by atoms with Crippen molar-refractivity contribution >= 4 is 10.0 Å². The third-order valence-corrected chi connectivity index (χ3v) is 5.27. The molecule has 140 valence electrons. The van der Waals surface area contributed by atoms with Crippen molar-refractivity contribution < 1.29 is 8.42 Å². The monoisotopic (exact) mass is 392 g/mol. The summed E-state index contributed by atoms with van der Waals surface area (Å²) in [7, 11) is -4.07. The van der Waals surface area contributed by atoms with E-state index in [1.54, 1.807) is 18.5 Å². The van der Waals surface area contributed by atoms with Crippen molar-refractivity contribution in [2.24, 2.45) is 5.14 Å². The number of benzene rings is 2. The van der Waals surface area contributed by atoms with E-state index in [1.165, 1.54) is 6.07 Å². The molecule has 0 saturated carbocycles. The van der Waals surface area contributed by atoms with E-state index < -0.39 is 10.0 Å². The normalized spacial score (nSPS) is 11.5. The molecule has 0 aliphatic heterocycles. The zero-order valence-corrected chi connectivity index (χ0v) is 15.7. The minimum absolute atomic E-state index is 0.0779. The summed E-state index contributed by atoms with van der Waals surface area (Å²) in [5.74, 6) is 0.150. The van der Waals surface area contributed by atoms with Crippen LogP contribution in [0, 0.1) is 6.92 Å². The van der Waals surface area contributed by atoms with Gasteiger partial charge in [0.15, 0.2) is 0 Å². The van der Waals surface area contributed by atoms with E-state index in [0.29, 0.717) is 16.7 Å². The van der Waals surface area contributed by atoms with Gasteiger partial charge in [-0.1, -0.05) is 35.9 Å². The van der Waals surface area contributed by atoms with Crippen LogP contribution in [0.4, 0.5) is 0 Å². The molecule has 2 heterocycles. The van der Waals surface area contributed by atoms with Gasteiger partial charge in [0.05, 0.1) is 10.5 Å². The molecule has 2 aromatic heterocycles. The number of rotatable bonds is 4. The lowest BCUT2D eigenvalue weighted by molar-refractivity contribution is 0.598. The first-order valence-corrected chi connectivity index (χ1v) is 9.90.